The maximum atomic E-state index is 12.8. The Labute approximate surface area is 218 Å². The first kappa shape index (κ1) is 28.2. The van der Waals surface area contributed by atoms with Crippen LogP contribution in [0.25, 0.3) is 0 Å². The van der Waals surface area contributed by atoms with Crippen LogP contribution < -0.4 is 14.8 Å². The minimum Gasteiger partial charge on any atom is -0.484 e. The molecule has 0 bridgehead atoms. The van der Waals surface area contributed by atoms with Crippen molar-refractivity contribution >= 4 is 31.6 Å². The molecule has 2 N–H and O–H groups in total. The highest BCUT2D eigenvalue weighted by molar-refractivity contribution is 7.92. The van der Waals surface area contributed by atoms with Crippen molar-refractivity contribution in [3.8, 4) is 5.75 Å². The predicted octanol–water partition coefficient (Wildman–Crippen LogP) is 3.36. The SMILES string of the molecule is Cc1ccc(NS(=O)(=O)c2ccc(OCC(=O)NCc3ccc(S(=O)(=O)N(C)C)cc3)c(C)c2)cc1C. The zero-order valence-electron chi connectivity index (χ0n) is 21.4. The van der Waals surface area contributed by atoms with Crippen LogP contribution in [0.15, 0.2) is 70.5 Å². The molecule has 0 radical (unpaired) electrons. The second-order valence-corrected chi connectivity index (χ2v) is 12.7. The number of nitrogens with one attached hydrogen (secondary N) is 2. The van der Waals surface area contributed by atoms with E-state index in [1.165, 1.54) is 44.4 Å². The smallest absolute Gasteiger partial charge is 0.261 e. The molecule has 11 heteroatoms. The van der Waals surface area contributed by atoms with Crippen LogP contribution >= 0.6 is 0 Å². The van der Waals surface area contributed by atoms with Gasteiger partial charge in [0.05, 0.1) is 9.79 Å². The first-order valence-corrected chi connectivity index (χ1v) is 14.3. The molecule has 3 aromatic rings. The van der Waals surface area contributed by atoms with Gasteiger partial charge in [0.25, 0.3) is 15.9 Å². The lowest BCUT2D eigenvalue weighted by Gasteiger charge is -2.13. The van der Waals surface area contributed by atoms with Crippen molar-refractivity contribution in [1.29, 1.82) is 0 Å². The zero-order chi connectivity index (χ0) is 27.4. The third kappa shape index (κ3) is 7.09. The number of anilines is 1. The summed E-state index contributed by atoms with van der Waals surface area (Å²) >= 11 is 0. The first-order valence-electron chi connectivity index (χ1n) is 11.4. The lowest BCUT2D eigenvalue weighted by Crippen LogP contribution is -2.28. The fraction of sp³-hybridized carbons (Fsp3) is 0.269. The van der Waals surface area contributed by atoms with Gasteiger partial charge in [-0.15, -0.1) is 0 Å². The number of aryl methyl sites for hydroxylation is 3. The Kier molecular flexibility index (Phi) is 8.62. The standard InChI is InChI=1S/C26H31N3O6S2/c1-18-6-9-22(14-19(18)2)28-36(31,32)24-12-13-25(20(3)15-24)35-17-26(30)27-16-21-7-10-23(11-8-21)37(33,34)29(4)5/h6-15,28H,16-17H2,1-5H3,(H,27,30). The highest BCUT2D eigenvalue weighted by Crippen LogP contribution is 2.24. The summed E-state index contributed by atoms with van der Waals surface area (Å²) in [6.45, 7) is 5.50. The van der Waals surface area contributed by atoms with Gasteiger partial charge in [-0.25, -0.2) is 21.1 Å². The van der Waals surface area contributed by atoms with Crippen molar-refractivity contribution < 1.29 is 26.4 Å². The first-order chi connectivity index (χ1) is 17.3. The van der Waals surface area contributed by atoms with Crippen molar-refractivity contribution in [2.24, 2.45) is 0 Å². The average Bonchev–Trinajstić information content (AvgIpc) is 2.84. The van der Waals surface area contributed by atoms with E-state index < -0.39 is 20.0 Å². The fourth-order valence-electron chi connectivity index (χ4n) is 3.36. The van der Waals surface area contributed by atoms with Crippen LogP contribution in [-0.4, -0.2) is 47.8 Å². The summed E-state index contributed by atoms with van der Waals surface area (Å²) in [5.74, 6) is 0.0102. The largest absolute Gasteiger partial charge is 0.484 e. The molecule has 0 spiro atoms. The Bertz CT molecular complexity index is 1500. The number of sulfonamides is 2. The van der Waals surface area contributed by atoms with Gasteiger partial charge in [-0.3, -0.25) is 9.52 Å². The number of nitrogens with zero attached hydrogens (tertiary/aromatic N) is 1. The Morgan fingerprint density at radius 2 is 1.46 bits per heavy atom. The zero-order valence-corrected chi connectivity index (χ0v) is 23.0. The van der Waals surface area contributed by atoms with Gasteiger partial charge in [-0.2, -0.15) is 0 Å². The fourth-order valence-corrected chi connectivity index (χ4v) is 5.39. The molecule has 9 nitrogen and oxygen atoms in total. The van der Waals surface area contributed by atoms with E-state index in [0.29, 0.717) is 17.0 Å². The van der Waals surface area contributed by atoms with Gasteiger partial charge in [-0.05, 0) is 85.5 Å². The maximum absolute atomic E-state index is 12.8. The Morgan fingerprint density at radius 3 is 2.05 bits per heavy atom. The molecule has 0 atom stereocenters. The molecule has 0 aliphatic rings. The summed E-state index contributed by atoms with van der Waals surface area (Å²) < 4.78 is 59.2. The summed E-state index contributed by atoms with van der Waals surface area (Å²) in [4.78, 5) is 12.5. The van der Waals surface area contributed by atoms with Gasteiger partial charge >= 0.3 is 0 Å². The van der Waals surface area contributed by atoms with Crippen molar-refractivity contribution in [3.63, 3.8) is 0 Å². The van der Waals surface area contributed by atoms with Crippen LogP contribution in [0.3, 0.4) is 0 Å². The number of rotatable bonds is 10. The molecule has 3 aromatic carbocycles. The van der Waals surface area contributed by atoms with E-state index in [1.54, 1.807) is 31.2 Å². The third-order valence-electron chi connectivity index (χ3n) is 5.77. The molecular weight excluding hydrogens is 514 g/mol. The quantitative estimate of drug-likeness (QED) is 0.403. The van der Waals surface area contributed by atoms with E-state index in [4.69, 9.17) is 4.74 Å². The molecule has 0 aromatic heterocycles. The number of ether oxygens (including phenoxy) is 1. The number of hydrogen-bond acceptors (Lipinski definition) is 6. The summed E-state index contributed by atoms with van der Waals surface area (Å²) in [5.41, 5.74) is 3.82. The van der Waals surface area contributed by atoms with Crippen LogP contribution in [0.5, 0.6) is 5.75 Å². The predicted molar refractivity (Wildman–Crippen MR) is 143 cm³/mol. The van der Waals surface area contributed by atoms with E-state index in [1.807, 2.05) is 19.9 Å². The van der Waals surface area contributed by atoms with E-state index in [2.05, 4.69) is 10.0 Å². The molecule has 0 aliphatic heterocycles. The van der Waals surface area contributed by atoms with Gasteiger partial charge in [0.2, 0.25) is 10.0 Å². The van der Waals surface area contributed by atoms with Crippen LogP contribution in [0, 0.1) is 20.8 Å². The number of carbonyl (C=O) groups is 1. The molecule has 0 saturated carbocycles. The molecule has 3 rings (SSSR count). The van der Waals surface area contributed by atoms with E-state index in [9.17, 15) is 21.6 Å². The van der Waals surface area contributed by atoms with Crippen LogP contribution in [0.1, 0.15) is 22.3 Å². The Hall–Kier alpha value is -3.41. The highest BCUT2D eigenvalue weighted by atomic mass is 32.2. The molecular formula is C26H31N3O6S2. The number of carbonyl (C=O) groups excluding carboxylic acids is 1. The van der Waals surface area contributed by atoms with Crippen molar-refractivity contribution in [2.45, 2.75) is 37.1 Å². The summed E-state index contributed by atoms with van der Waals surface area (Å²) in [7, 11) is -4.39. The van der Waals surface area contributed by atoms with E-state index >= 15 is 0 Å². The minimum absolute atomic E-state index is 0.0831. The van der Waals surface area contributed by atoms with Gasteiger partial charge in [0, 0.05) is 26.3 Å². The van der Waals surface area contributed by atoms with Crippen LogP contribution in [-0.2, 0) is 31.4 Å². The van der Waals surface area contributed by atoms with Crippen molar-refractivity contribution in [1.82, 2.24) is 9.62 Å². The Balaban J connectivity index is 1.56. The molecule has 37 heavy (non-hydrogen) atoms. The second kappa shape index (κ2) is 11.3. The number of hydrogen-bond donors (Lipinski definition) is 2. The van der Waals surface area contributed by atoms with Crippen LogP contribution in [0.4, 0.5) is 5.69 Å². The summed E-state index contributed by atoms with van der Waals surface area (Å²) in [5, 5.41) is 2.71. The van der Waals surface area contributed by atoms with Gasteiger partial charge in [0.1, 0.15) is 5.75 Å². The average molecular weight is 546 g/mol. The molecule has 0 heterocycles. The maximum Gasteiger partial charge on any atom is 0.261 e. The third-order valence-corrected chi connectivity index (χ3v) is 8.97. The van der Waals surface area contributed by atoms with Crippen molar-refractivity contribution in [2.75, 3.05) is 25.4 Å². The second-order valence-electron chi connectivity index (χ2n) is 8.83. The van der Waals surface area contributed by atoms with Gasteiger partial charge < -0.3 is 10.1 Å². The molecule has 0 aliphatic carbocycles. The minimum atomic E-state index is -3.80. The summed E-state index contributed by atoms with van der Waals surface area (Å²) in [6.07, 6.45) is 0. The van der Waals surface area contributed by atoms with Crippen molar-refractivity contribution in [3.05, 3.63) is 82.9 Å². The van der Waals surface area contributed by atoms with E-state index in [-0.39, 0.29) is 28.8 Å². The van der Waals surface area contributed by atoms with Gasteiger partial charge in [0.15, 0.2) is 6.61 Å². The number of benzene rings is 3. The lowest BCUT2D eigenvalue weighted by molar-refractivity contribution is -0.123. The molecule has 1 amide bonds. The highest BCUT2D eigenvalue weighted by Gasteiger charge is 2.18. The molecule has 0 fully saturated rings. The van der Waals surface area contributed by atoms with E-state index in [0.717, 1.165) is 21.0 Å². The number of amides is 1. The summed E-state index contributed by atoms with van der Waals surface area (Å²) in [6, 6.07) is 16.0. The monoisotopic (exact) mass is 545 g/mol. The molecule has 198 valence electrons. The normalized spacial score (nSPS) is 11.8. The van der Waals surface area contributed by atoms with Crippen LogP contribution in [0.2, 0.25) is 0 Å². The molecule has 0 saturated heterocycles. The lowest BCUT2D eigenvalue weighted by atomic mass is 10.1. The topological polar surface area (TPSA) is 122 Å². The van der Waals surface area contributed by atoms with Gasteiger partial charge in [-0.1, -0.05) is 18.2 Å². The Morgan fingerprint density at radius 1 is 0.811 bits per heavy atom. The molecule has 0 unspecified atom stereocenters.